The lowest BCUT2D eigenvalue weighted by Gasteiger charge is -1.83. The summed E-state index contributed by atoms with van der Waals surface area (Å²) in [5.74, 6) is 0. The molecule has 0 heterocycles. The molecule has 6 heavy (non-hydrogen) atoms. The lowest BCUT2D eigenvalue weighted by molar-refractivity contribution is 0.346. The zero-order valence-corrected chi connectivity index (χ0v) is 3.88. The maximum atomic E-state index is 11.7. The Kier molecular flexibility index (Phi) is 0.645. The van der Waals surface area contributed by atoms with Crippen molar-refractivity contribution in [1.29, 1.82) is 0 Å². The van der Waals surface area contributed by atoms with Gasteiger partial charge in [-0.15, -0.1) is 12.6 Å². The third-order valence-corrected chi connectivity index (χ3v) is 1.25. The molecule has 0 N–H and O–H groups in total. The van der Waals surface area contributed by atoms with Crippen molar-refractivity contribution >= 4 is 12.6 Å². The highest BCUT2D eigenvalue weighted by Gasteiger charge is 2.53. The molecule has 0 radical (unpaired) electrons. The number of alkyl halides is 2. The SMILES string of the molecule is FC1CC1(F)S. The molecule has 2 unspecified atom stereocenters. The van der Waals surface area contributed by atoms with Crippen LogP contribution in [0, 0.1) is 0 Å². The summed E-state index contributed by atoms with van der Waals surface area (Å²) < 4.78 is 23.1. The minimum absolute atomic E-state index is 0.0316. The van der Waals surface area contributed by atoms with Gasteiger partial charge in [-0.2, -0.15) is 0 Å². The second-order valence-corrected chi connectivity index (χ2v) is 2.23. The van der Waals surface area contributed by atoms with E-state index in [1.807, 2.05) is 0 Å². The third-order valence-electron chi connectivity index (χ3n) is 0.785. The van der Waals surface area contributed by atoms with Crippen molar-refractivity contribution in [3.63, 3.8) is 0 Å². The topological polar surface area (TPSA) is 0 Å². The van der Waals surface area contributed by atoms with Gasteiger partial charge in [-0.25, -0.2) is 8.78 Å². The van der Waals surface area contributed by atoms with Crippen LogP contribution < -0.4 is 0 Å². The number of halogens is 2. The Balaban J connectivity index is 2.41. The molecule has 36 valence electrons. The van der Waals surface area contributed by atoms with Crippen LogP contribution in [0.3, 0.4) is 0 Å². The summed E-state index contributed by atoms with van der Waals surface area (Å²) in [7, 11) is 0. The molecule has 1 fully saturated rings. The summed E-state index contributed by atoms with van der Waals surface area (Å²) in [5.41, 5.74) is 0. The van der Waals surface area contributed by atoms with Crippen LogP contribution in [0.15, 0.2) is 0 Å². The van der Waals surface area contributed by atoms with Crippen LogP contribution in [0.4, 0.5) is 8.78 Å². The van der Waals surface area contributed by atoms with Gasteiger partial charge in [0.05, 0.1) is 0 Å². The zero-order valence-electron chi connectivity index (χ0n) is 2.99. The van der Waals surface area contributed by atoms with Crippen LogP contribution in [-0.2, 0) is 0 Å². The first-order chi connectivity index (χ1) is 2.63. The smallest absolute Gasteiger partial charge is 0.187 e. The van der Waals surface area contributed by atoms with E-state index in [2.05, 4.69) is 12.6 Å². The van der Waals surface area contributed by atoms with Gasteiger partial charge in [-0.1, -0.05) is 0 Å². The summed E-state index contributed by atoms with van der Waals surface area (Å²) in [6.07, 6.45) is -1.34. The minimum atomic E-state index is -1.76. The van der Waals surface area contributed by atoms with Crippen molar-refractivity contribution < 1.29 is 8.78 Å². The van der Waals surface area contributed by atoms with Gasteiger partial charge < -0.3 is 0 Å². The molecule has 0 bridgehead atoms. The first-order valence-electron chi connectivity index (χ1n) is 1.68. The Morgan fingerprint density at radius 1 is 1.83 bits per heavy atom. The van der Waals surface area contributed by atoms with Gasteiger partial charge >= 0.3 is 0 Å². The molecule has 0 aliphatic heterocycles. The molecule has 0 spiro atoms. The molecule has 1 aliphatic rings. The van der Waals surface area contributed by atoms with E-state index in [1.165, 1.54) is 0 Å². The van der Waals surface area contributed by atoms with Gasteiger partial charge in [0.25, 0.3) is 0 Å². The van der Waals surface area contributed by atoms with Gasteiger partial charge in [-0.05, 0) is 0 Å². The van der Waals surface area contributed by atoms with E-state index in [0.717, 1.165) is 0 Å². The summed E-state index contributed by atoms with van der Waals surface area (Å²) in [5, 5.41) is -1.76. The van der Waals surface area contributed by atoms with E-state index in [1.54, 1.807) is 0 Å². The third kappa shape index (κ3) is 0.511. The van der Waals surface area contributed by atoms with Crippen LogP contribution in [-0.4, -0.2) is 11.2 Å². The van der Waals surface area contributed by atoms with Crippen molar-refractivity contribution in [2.45, 2.75) is 17.6 Å². The minimum Gasteiger partial charge on any atom is -0.243 e. The van der Waals surface area contributed by atoms with Crippen LogP contribution >= 0.6 is 12.6 Å². The molecule has 0 aromatic heterocycles. The molecule has 2 atom stereocenters. The van der Waals surface area contributed by atoms with E-state index >= 15 is 0 Å². The Labute approximate surface area is 39.9 Å². The maximum absolute atomic E-state index is 11.7. The fourth-order valence-corrected chi connectivity index (χ4v) is 0.353. The summed E-state index contributed by atoms with van der Waals surface area (Å²) >= 11 is 3.29. The van der Waals surface area contributed by atoms with Gasteiger partial charge in [0, 0.05) is 6.42 Å². The lowest BCUT2D eigenvalue weighted by atomic mass is 10.9. The van der Waals surface area contributed by atoms with E-state index in [0.29, 0.717) is 0 Å². The van der Waals surface area contributed by atoms with Gasteiger partial charge in [0.15, 0.2) is 5.00 Å². The van der Waals surface area contributed by atoms with Crippen molar-refractivity contribution in [3.05, 3.63) is 0 Å². The zero-order chi connectivity index (χ0) is 4.78. The van der Waals surface area contributed by atoms with Crippen LogP contribution in [0.5, 0.6) is 0 Å². The first-order valence-corrected chi connectivity index (χ1v) is 2.13. The van der Waals surface area contributed by atoms with Crippen LogP contribution in [0.1, 0.15) is 6.42 Å². The highest BCUT2D eigenvalue weighted by Crippen LogP contribution is 2.46. The maximum Gasteiger partial charge on any atom is 0.187 e. The monoisotopic (exact) mass is 110 g/mol. The summed E-state index contributed by atoms with van der Waals surface area (Å²) in [6, 6.07) is 0. The normalized spacial score (nSPS) is 55.5. The predicted octanol–water partition coefficient (Wildman–Crippen LogP) is 1.32. The van der Waals surface area contributed by atoms with Gasteiger partial charge in [0.2, 0.25) is 0 Å². The largest absolute Gasteiger partial charge is 0.243 e. The fourth-order valence-electron chi connectivity index (χ4n) is 0.192. The van der Waals surface area contributed by atoms with Crippen molar-refractivity contribution in [1.82, 2.24) is 0 Å². The van der Waals surface area contributed by atoms with Gasteiger partial charge in [0.1, 0.15) is 6.17 Å². The van der Waals surface area contributed by atoms with Crippen molar-refractivity contribution in [2.24, 2.45) is 0 Å². The average molecular weight is 110 g/mol. The molecule has 0 aromatic carbocycles. The second kappa shape index (κ2) is 0.886. The standard InChI is InChI=1S/C3H4F2S/c4-2-1-3(2,5)6/h2,6H,1H2. The fraction of sp³-hybridized carbons (Fsp3) is 1.00. The van der Waals surface area contributed by atoms with Crippen molar-refractivity contribution in [3.8, 4) is 0 Å². The number of rotatable bonds is 0. The lowest BCUT2D eigenvalue weighted by Crippen LogP contribution is -1.88. The summed E-state index contributed by atoms with van der Waals surface area (Å²) in [4.78, 5) is 0. The van der Waals surface area contributed by atoms with E-state index in [4.69, 9.17) is 0 Å². The Hall–Kier alpha value is 0.210. The second-order valence-electron chi connectivity index (χ2n) is 1.49. The quantitative estimate of drug-likeness (QED) is 0.447. The molecule has 1 rings (SSSR count). The molecule has 1 saturated carbocycles. The first kappa shape index (κ1) is 4.37. The average Bonchev–Trinajstić information content (AvgIpc) is 1.73. The molecule has 0 aromatic rings. The molecular weight excluding hydrogens is 106 g/mol. The Morgan fingerprint density at radius 2 is 2.00 bits per heavy atom. The highest BCUT2D eigenvalue weighted by molar-refractivity contribution is 7.82. The highest BCUT2D eigenvalue weighted by atomic mass is 32.1. The molecule has 0 amide bonds. The summed E-state index contributed by atoms with van der Waals surface area (Å²) in [6.45, 7) is 0. The number of hydrogen-bond acceptors (Lipinski definition) is 1. The molecule has 0 saturated heterocycles. The van der Waals surface area contributed by atoms with Gasteiger partial charge in [-0.3, -0.25) is 0 Å². The molecule has 0 nitrogen and oxygen atoms in total. The Morgan fingerprint density at radius 3 is 2.00 bits per heavy atom. The van der Waals surface area contributed by atoms with E-state index in [-0.39, 0.29) is 6.42 Å². The number of hydrogen-bond donors (Lipinski definition) is 1. The number of thiol groups is 1. The molecule has 3 heteroatoms. The van der Waals surface area contributed by atoms with Crippen LogP contribution in [0.25, 0.3) is 0 Å². The Bertz CT molecular complexity index is 71.2. The molecular formula is C3H4F2S. The molecule has 1 aliphatic carbocycles. The van der Waals surface area contributed by atoms with Crippen LogP contribution in [0.2, 0.25) is 0 Å². The van der Waals surface area contributed by atoms with E-state index in [9.17, 15) is 8.78 Å². The predicted molar refractivity (Wildman–Crippen MR) is 22.3 cm³/mol. The van der Waals surface area contributed by atoms with Crippen molar-refractivity contribution in [2.75, 3.05) is 0 Å². The van der Waals surface area contributed by atoms with E-state index < -0.39 is 11.2 Å².